The Morgan fingerprint density at radius 1 is 1.09 bits per heavy atom. The molecule has 0 aliphatic carbocycles. The Bertz CT molecular complexity index is 1390. The van der Waals surface area contributed by atoms with Crippen molar-refractivity contribution < 1.29 is 14.6 Å². The number of nitrogens with zero attached hydrogens (tertiary/aromatic N) is 3. The second-order valence-electron chi connectivity index (χ2n) is 8.02. The van der Waals surface area contributed by atoms with E-state index < -0.39 is 17.4 Å². The highest BCUT2D eigenvalue weighted by Gasteiger charge is 2.20. The van der Waals surface area contributed by atoms with Gasteiger partial charge in [-0.1, -0.05) is 29.8 Å². The number of hydrogen-bond acceptors (Lipinski definition) is 7. The highest BCUT2D eigenvalue weighted by molar-refractivity contribution is 5.74. The Morgan fingerprint density at radius 2 is 1.76 bits per heavy atom. The number of rotatable bonds is 9. The summed E-state index contributed by atoms with van der Waals surface area (Å²) < 4.78 is 13.7. The predicted octanol–water partition coefficient (Wildman–Crippen LogP) is 1.79. The van der Waals surface area contributed by atoms with E-state index in [0.717, 1.165) is 11.1 Å². The molecule has 0 amide bonds. The minimum atomic E-state index is -0.948. The van der Waals surface area contributed by atoms with Crippen molar-refractivity contribution in [3.05, 3.63) is 80.5 Å². The van der Waals surface area contributed by atoms with Gasteiger partial charge < -0.3 is 24.5 Å². The summed E-state index contributed by atoms with van der Waals surface area (Å²) in [6.45, 7) is 2.49. The molecule has 0 fully saturated rings. The van der Waals surface area contributed by atoms with E-state index in [1.54, 1.807) is 35.9 Å². The summed E-state index contributed by atoms with van der Waals surface area (Å²) in [6, 6.07) is 15.0. The fourth-order valence-electron chi connectivity index (χ4n) is 3.56. The first-order valence-corrected chi connectivity index (χ1v) is 10.8. The molecule has 2 heterocycles. The van der Waals surface area contributed by atoms with Gasteiger partial charge in [-0.3, -0.25) is 14.3 Å². The van der Waals surface area contributed by atoms with Crippen molar-refractivity contribution in [2.75, 3.05) is 19.0 Å². The van der Waals surface area contributed by atoms with E-state index in [1.807, 2.05) is 31.2 Å². The summed E-state index contributed by atoms with van der Waals surface area (Å²) in [7, 11) is 3.11. The minimum Gasteiger partial charge on any atom is -0.497 e. The molecule has 0 aliphatic heterocycles. The van der Waals surface area contributed by atoms with Gasteiger partial charge in [0.1, 0.15) is 24.2 Å². The average Bonchev–Trinajstić information content (AvgIpc) is 3.20. The van der Waals surface area contributed by atoms with Gasteiger partial charge in [-0.05, 0) is 36.8 Å². The van der Waals surface area contributed by atoms with Gasteiger partial charge in [0, 0.05) is 13.6 Å². The van der Waals surface area contributed by atoms with Crippen molar-refractivity contribution in [3.8, 4) is 11.5 Å². The molecular weight excluding hydrogens is 438 g/mol. The number of anilines is 1. The first kappa shape index (κ1) is 23.1. The highest BCUT2D eigenvalue weighted by Crippen LogP contribution is 2.19. The van der Waals surface area contributed by atoms with E-state index >= 15 is 0 Å². The van der Waals surface area contributed by atoms with E-state index in [0.29, 0.717) is 24.0 Å². The molecule has 0 radical (unpaired) electrons. The van der Waals surface area contributed by atoms with E-state index in [-0.39, 0.29) is 24.3 Å². The molecule has 0 aliphatic rings. The summed E-state index contributed by atoms with van der Waals surface area (Å²) in [5.74, 6) is 1.64. The lowest BCUT2D eigenvalue weighted by atomic mass is 10.1. The number of aromatic nitrogens is 4. The molecule has 4 aromatic rings. The Morgan fingerprint density at radius 3 is 2.44 bits per heavy atom. The number of nitrogens with one attached hydrogen (secondary N) is 2. The van der Waals surface area contributed by atoms with Gasteiger partial charge >= 0.3 is 5.69 Å². The molecule has 3 N–H and O–H groups in total. The van der Waals surface area contributed by atoms with Crippen molar-refractivity contribution in [1.82, 2.24) is 19.1 Å². The molecule has 0 spiro atoms. The van der Waals surface area contributed by atoms with Crippen LogP contribution >= 0.6 is 0 Å². The number of benzene rings is 2. The monoisotopic (exact) mass is 465 g/mol. The normalized spacial score (nSPS) is 12.0. The zero-order valence-corrected chi connectivity index (χ0v) is 19.2. The maximum absolute atomic E-state index is 12.6. The third-order valence-corrected chi connectivity index (χ3v) is 5.47. The van der Waals surface area contributed by atoms with Gasteiger partial charge in [0.25, 0.3) is 5.56 Å². The molecule has 0 saturated carbocycles. The quantitative estimate of drug-likeness (QED) is 0.344. The van der Waals surface area contributed by atoms with Crippen LogP contribution in [0.1, 0.15) is 11.1 Å². The fourth-order valence-corrected chi connectivity index (χ4v) is 3.56. The fraction of sp³-hybridized carbons (Fsp3) is 0.292. The largest absolute Gasteiger partial charge is 0.497 e. The Balaban J connectivity index is 1.58. The lowest BCUT2D eigenvalue weighted by Gasteiger charge is -2.16. The molecule has 178 valence electrons. The summed E-state index contributed by atoms with van der Waals surface area (Å²) in [5, 5.41) is 13.9. The molecule has 10 heteroatoms. The number of ether oxygens (including phenoxy) is 2. The molecule has 34 heavy (non-hydrogen) atoms. The van der Waals surface area contributed by atoms with E-state index in [9.17, 15) is 14.7 Å². The van der Waals surface area contributed by atoms with Gasteiger partial charge in [0.15, 0.2) is 11.2 Å². The van der Waals surface area contributed by atoms with Crippen molar-refractivity contribution in [2.45, 2.75) is 26.1 Å². The number of imidazole rings is 1. The second-order valence-corrected chi connectivity index (χ2v) is 8.02. The second kappa shape index (κ2) is 9.84. The van der Waals surface area contributed by atoms with Gasteiger partial charge in [-0.2, -0.15) is 4.98 Å². The zero-order valence-electron chi connectivity index (χ0n) is 19.2. The molecule has 0 saturated heterocycles. The lowest BCUT2D eigenvalue weighted by molar-refractivity contribution is 0.0938. The van der Waals surface area contributed by atoms with Crippen LogP contribution in [0.15, 0.2) is 58.1 Å². The Labute approximate surface area is 195 Å². The van der Waals surface area contributed by atoms with Crippen LogP contribution < -0.4 is 26.0 Å². The van der Waals surface area contributed by atoms with Crippen molar-refractivity contribution in [1.29, 1.82) is 0 Å². The van der Waals surface area contributed by atoms with Crippen molar-refractivity contribution >= 4 is 17.1 Å². The van der Waals surface area contributed by atoms with E-state index in [2.05, 4.69) is 15.3 Å². The molecule has 0 unspecified atom stereocenters. The van der Waals surface area contributed by atoms with Crippen molar-refractivity contribution in [2.24, 2.45) is 7.05 Å². The molecule has 2 aromatic carbocycles. The zero-order chi connectivity index (χ0) is 24.2. The summed E-state index contributed by atoms with van der Waals surface area (Å²) in [5.41, 5.74) is 1.46. The summed E-state index contributed by atoms with van der Waals surface area (Å²) >= 11 is 0. The lowest BCUT2D eigenvalue weighted by Crippen LogP contribution is -2.31. The van der Waals surface area contributed by atoms with Gasteiger partial charge in [0.2, 0.25) is 5.95 Å². The third kappa shape index (κ3) is 4.96. The van der Waals surface area contributed by atoms with Crippen LogP contribution in [-0.2, 0) is 20.1 Å². The molecule has 4 rings (SSSR count). The van der Waals surface area contributed by atoms with Crippen LogP contribution in [0, 0.1) is 6.92 Å². The van der Waals surface area contributed by atoms with Gasteiger partial charge in [-0.15, -0.1) is 0 Å². The number of aliphatic hydroxyl groups excluding tert-OH is 1. The molecular formula is C24H27N5O5. The van der Waals surface area contributed by atoms with Gasteiger partial charge in [0.05, 0.1) is 13.7 Å². The summed E-state index contributed by atoms with van der Waals surface area (Å²) in [6.07, 6.45) is -0.948. The standard InChI is InChI=1S/C24H27N5O5/c1-15-4-6-16(7-5-15)12-25-23-26-21-20(22(31)27-24(32)28(21)2)29(23)13-17(30)14-34-19-10-8-18(33-3)9-11-19/h4-11,17,30H,12-14H2,1-3H3,(H,25,26)(H,27,31,32)/t17-/m0/s1. The number of hydrogen-bond donors (Lipinski definition) is 3. The number of H-pyrrole nitrogens is 1. The van der Waals surface area contributed by atoms with Crippen molar-refractivity contribution in [3.63, 3.8) is 0 Å². The van der Waals surface area contributed by atoms with Crippen LogP contribution in [0.3, 0.4) is 0 Å². The van der Waals surface area contributed by atoms with Crippen LogP contribution in [0.2, 0.25) is 0 Å². The molecule has 0 bridgehead atoms. The van der Waals surface area contributed by atoms with Crippen LogP contribution in [-0.4, -0.2) is 44.0 Å². The average molecular weight is 466 g/mol. The Kier molecular flexibility index (Phi) is 6.69. The molecule has 2 aromatic heterocycles. The van der Waals surface area contributed by atoms with E-state index in [1.165, 1.54) is 11.6 Å². The number of aromatic amines is 1. The van der Waals surface area contributed by atoms with Crippen LogP contribution in [0.5, 0.6) is 11.5 Å². The van der Waals surface area contributed by atoms with Gasteiger partial charge in [-0.25, -0.2) is 4.79 Å². The Hall–Kier alpha value is -4.05. The predicted molar refractivity (Wildman–Crippen MR) is 129 cm³/mol. The number of methoxy groups -OCH3 is 1. The molecule has 1 atom stereocenters. The number of aryl methyl sites for hydroxylation is 2. The topological polar surface area (TPSA) is 123 Å². The maximum atomic E-state index is 12.6. The minimum absolute atomic E-state index is 0.00687. The third-order valence-electron chi connectivity index (χ3n) is 5.47. The summed E-state index contributed by atoms with van der Waals surface area (Å²) in [4.78, 5) is 31.5. The molecule has 10 nitrogen and oxygen atoms in total. The van der Waals surface area contributed by atoms with Crippen LogP contribution in [0.25, 0.3) is 11.2 Å². The maximum Gasteiger partial charge on any atom is 0.329 e. The number of aliphatic hydroxyl groups is 1. The highest BCUT2D eigenvalue weighted by atomic mass is 16.5. The number of fused-ring (bicyclic) bond motifs is 1. The smallest absolute Gasteiger partial charge is 0.329 e. The van der Waals surface area contributed by atoms with E-state index in [4.69, 9.17) is 9.47 Å². The SMILES string of the molecule is COc1ccc(OC[C@@H](O)Cn2c(NCc3ccc(C)cc3)nc3c2c(=O)[nH]c(=O)n3C)cc1. The first-order valence-electron chi connectivity index (χ1n) is 10.8. The first-order chi connectivity index (χ1) is 16.4. The van der Waals surface area contributed by atoms with Crippen LogP contribution in [0.4, 0.5) is 5.95 Å².